The van der Waals surface area contributed by atoms with E-state index < -0.39 is 8.32 Å². The summed E-state index contributed by atoms with van der Waals surface area (Å²) in [7, 11) is -1.78. The van der Waals surface area contributed by atoms with Crippen LogP contribution in [0, 0.1) is 0 Å². The Bertz CT molecular complexity index is 465. The summed E-state index contributed by atoms with van der Waals surface area (Å²) in [6.07, 6.45) is 9.41. The van der Waals surface area contributed by atoms with Gasteiger partial charge in [0.2, 0.25) is 0 Å². The Balaban J connectivity index is 2.68. The topological polar surface area (TPSA) is 44.8 Å². The lowest BCUT2D eigenvalue weighted by atomic mass is 10.0. The fourth-order valence-electron chi connectivity index (χ4n) is 2.90. The van der Waals surface area contributed by atoms with Crippen molar-refractivity contribution in [1.29, 1.82) is 0 Å². The first-order valence-electron chi connectivity index (χ1n) is 10.2. The van der Waals surface area contributed by atoms with Crippen molar-refractivity contribution in [1.82, 2.24) is 0 Å². The molecule has 0 spiro atoms. The summed E-state index contributed by atoms with van der Waals surface area (Å²) < 4.78 is 17.9. The third-order valence-electron chi connectivity index (χ3n) is 5.46. The predicted molar refractivity (Wildman–Crippen MR) is 110 cm³/mol. The van der Waals surface area contributed by atoms with E-state index in [4.69, 9.17) is 13.9 Å². The van der Waals surface area contributed by atoms with E-state index in [-0.39, 0.29) is 23.2 Å². The molecule has 1 aliphatic rings. The zero-order chi connectivity index (χ0) is 19.8. The molecule has 0 amide bonds. The molecule has 152 valence electrons. The molecule has 1 fully saturated rings. The number of hydrogen-bond acceptors (Lipinski definition) is 4. The third kappa shape index (κ3) is 8.36. The van der Waals surface area contributed by atoms with Crippen LogP contribution in [0.4, 0.5) is 0 Å². The summed E-state index contributed by atoms with van der Waals surface area (Å²) >= 11 is 0. The van der Waals surface area contributed by atoms with Crippen molar-refractivity contribution in [2.75, 3.05) is 6.61 Å². The van der Waals surface area contributed by atoms with Gasteiger partial charge in [-0.1, -0.05) is 47.0 Å². The van der Waals surface area contributed by atoms with Crippen molar-refractivity contribution in [3.05, 3.63) is 11.8 Å². The van der Waals surface area contributed by atoms with E-state index in [1.165, 1.54) is 19.8 Å². The Hall–Kier alpha value is -0.653. The minimum Gasteiger partial charge on any atom is -0.432 e. The highest BCUT2D eigenvalue weighted by atomic mass is 28.4. The average molecular weight is 385 g/mol. The van der Waals surface area contributed by atoms with E-state index >= 15 is 0 Å². The summed E-state index contributed by atoms with van der Waals surface area (Å²) in [5.41, 5.74) is 0. The van der Waals surface area contributed by atoms with Crippen LogP contribution in [-0.2, 0) is 18.7 Å². The molecule has 0 aromatic carbocycles. The van der Waals surface area contributed by atoms with Crippen LogP contribution in [0.2, 0.25) is 18.1 Å². The quantitative estimate of drug-likeness (QED) is 0.212. The number of carbonyl (C=O) groups is 1. The fourth-order valence-corrected chi connectivity index (χ4v) is 4.30. The highest BCUT2D eigenvalue weighted by Gasteiger charge is 2.40. The van der Waals surface area contributed by atoms with Crippen LogP contribution in [-0.4, -0.2) is 33.1 Å². The molecule has 0 N–H and O–H groups in total. The normalized spacial score (nSPS) is 22.3. The summed E-state index contributed by atoms with van der Waals surface area (Å²) in [4.78, 5) is 11.4. The maximum Gasteiger partial charge on any atom is 0.307 e. The van der Waals surface area contributed by atoms with Crippen molar-refractivity contribution in [2.24, 2.45) is 0 Å². The van der Waals surface area contributed by atoms with Gasteiger partial charge in [-0.05, 0) is 37.0 Å². The molecule has 1 aliphatic heterocycles. The van der Waals surface area contributed by atoms with Gasteiger partial charge in [-0.3, -0.25) is 4.79 Å². The van der Waals surface area contributed by atoms with Crippen molar-refractivity contribution >= 4 is 14.3 Å². The van der Waals surface area contributed by atoms with Crippen LogP contribution < -0.4 is 0 Å². The molecule has 2 atom stereocenters. The number of hydrogen-bond donors (Lipinski definition) is 0. The molecule has 26 heavy (non-hydrogen) atoms. The van der Waals surface area contributed by atoms with Gasteiger partial charge in [0.25, 0.3) is 0 Å². The monoisotopic (exact) mass is 384 g/mol. The number of carbonyl (C=O) groups excluding carboxylic acids is 1. The number of esters is 1. The lowest BCUT2D eigenvalue weighted by Crippen LogP contribution is -2.46. The second-order valence-corrected chi connectivity index (χ2v) is 13.7. The summed E-state index contributed by atoms with van der Waals surface area (Å²) in [6, 6.07) is 0. The van der Waals surface area contributed by atoms with E-state index in [0.29, 0.717) is 6.61 Å². The molecule has 4 nitrogen and oxygen atoms in total. The Labute approximate surface area is 161 Å². The average Bonchev–Trinajstić information content (AvgIpc) is 2.49. The van der Waals surface area contributed by atoms with Gasteiger partial charge in [0.15, 0.2) is 8.32 Å². The largest absolute Gasteiger partial charge is 0.432 e. The second kappa shape index (κ2) is 10.6. The third-order valence-corrected chi connectivity index (χ3v) is 9.99. The molecule has 0 aromatic heterocycles. The van der Waals surface area contributed by atoms with Crippen LogP contribution in [0.5, 0.6) is 0 Å². The molecular formula is C21H40O4Si. The molecule has 0 radical (unpaired) electrons. The van der Waals surface area contributed by atoms with Gasteiger partial charge in [-0.25, -0.2) is 0 Å². The Morgan fingerprint density at radius 1 is 1.23 bits per heavy atom. The van der Waals surface area contributed by atoms with Gasteiger partial charge in [0.05, 0.1) is 12.2 Å². The van der Waals surface area contributed by atoms with E-state index in [9.17, 15) is 4.79 Å². The van der Waals surface area contributed by atoms with E-state index in [2.05, 4.69) is 40.8 Å². The predicted octanol–water partition coefficient (Wildman–Crippen LogP) is 5.97. The van der Waals surface area contributed by atoms with Crippen LogP contribution in [0.1, 0.15) is 79.6 Å². The van der Waals surface area contributed by atoms with E-state index in [1.54, 1.807) is 0 Å². The fraction of sp³-hybridized carbons (Fsp3) is 0.857. The van der Waals surface area contributed by atoms with E-state index in [1.807, 2.05) is 6.08 Å². The van der Waals surface area contributed by atoms with Gasteiger partial charge in [0, 0.05) is 26.4 Å². The zero-order valence-corrected chi connectivity index (χ0v) is 19.0. The molecule has 0 bridgehead atoms. The van der Waals surface area contributed by atoms with Crippen molar-refractivity contribution in [2.45, 2.75) is 110 Å². The summed E-state index contributed by atoms with van der Waals surface area (Å²) in [5.74, 6) is 0.503. The minimum atomic E-state index is -1.78. The Morgan fingerprint density at radius 2 is 1.92 bits per heavy atom. The highest BCUT2D eigenvalue weighted by Crippen LogP contribution is 2.38. The maximum atomic E-state index is 11.4. The lowest BCUT2D eigenvalue weighted by molar-refractivity contribution is -0.137. The van der Waals surface area contributed by atoms with Crippen LogP contribution >= 0.6 is 0 Å². The second-order valence-electron chi connectivity index (χ2n) is 8.97. The highest BCUT2D eigenvalue weighted by molar-refractivity contribution is 6.74. The first-order valence-corrected chi connectivity index (χ1v) is 13.1. The van der Waals surface area contributed by atoms with Gasteiger partial charge in [-0.15, -0.1) is 0 Å². The minimum absolute atomic E-state index is 0.0287. The number of allylic oxidation sites excluding steroid dienone is 1. The molecule has 5 heteroatoms. The smallest absolute Gasteiger partial charge is 0.307 e. The number of unbranched alkanes of at least 4 members (excludes halogenated alkanes) is 3. The maximum absolute atomic E-state index is 11.4. The van der Waals surface area contributed by atoms with Gasteiger partial charge in [0.1, 0.15) is 5.76 Å². The van der Waals surface area contributed by atoms with Gasteiger partial charge < -0.3 is 13.9 Å². The lowest BCUT2D eigenvalue weighted by Gasteiger charge is -2.41. The zero-order valence-electron chi connectivity index (χ0n) is 18.0. The molecule has 0 saturated carbocycles. The van der Waals surface area contributed by atoms with Gasteiger partial charge in [-0.2, -0.15) is 0 Å². The first-order chi connectivity index (χ1) is 12.0. The molecule has 0 unspecified atom stereocenters. The number of rotatable bonds is 9. The van der Waals surface area contributed by atoms with Crippen LogP contribution in [0.25, 0.3) is 0 Å². The molecular weight excluding hydrogens is 344 g/mol. The van der Waals surface area contributed by atoms with E-state index in [0.717, 1.165) is 37.9 Å². The van der Waals surface area contributed by atoms with Crippen LogP contribution in [0.15, 0.2) is 11.8 Å². The Morgan fingerprint density at radius 3 is 2.50 bits per heavy atom. The summed E-state index contributed by atoms with van der Waals surface area (Å²) in [5, 5.41) is 0.207. The molecule has 1 saturated heterocycles. The van der Waals surface area contributed by atoms with Crippen molar-refractivity contribution < 1.29 is 18.7 Å². The first kappa shape index (κ1) is 23.4. The van der Waals surface area contributed by atoms with Gasteiger partial charge >= 0.3 is 5.97 Å². The van der Waals surface area contributed by atoms with Crippen molar-refractivity contribution in [3.8, 4) is 0 Å². The molecule has 0 aliphatic carbocycles. The molecule has 1 heterocycles. The molecule has 0 aromatic rings. The summed E-state index contributed by atoms with van der Waals surface area (Å²) in [6.45, 7) is 15.8. The standard InChI is InChI=1S/C21H40O4Si/c1-8-9-10-11-12-18(24-17(2)22)15-20-16-19(13-14-23-20)25-26(6,7)21(3,4)5/h15,19-20H,8-14,16H2,1-7H3/b18-15-/t19-,20+/m1/s1. The Kier molecular flexibility index (Phi) is 9.55. The molecule has 1 rings (SSSR count). The number of ether oxygens (including phenoxy) is 2. The van der Waals surface area contributed by atoms with Crippen LogP contribution in [0.3, 0.4) is 0 Å². The van der Waals surface area contributed by atoms with Crippen molar-refractivity contribution in [3.63, 3.8) is 0 Å². The SMILES string of the molecule is CCCCCC/C(=C/[C@H]1C[C@H](O[Si](C)(C)C(C)(C)C)CCO1)OC(C)=O.